The Kier molecular flexibility index (Phi) is 5.98. The summed E-state index contributed by atoms with van der Waals surface area (Å²) in [5.74, 6) is -1.28. The summed E-state index contributed by atoms with van der Waals surface area (Å²) >= 11 is 0. The summed E-state index contributed by atoms with van der Waals surface area (Å²) in [6, 6.07) is 15.8. The Morgan fingerprint density at radius 1 is 0.931 bits per heavy atom. The molecule has 0 fully saturated rings. The minimum absolute atomic E-state index is 0. The van der Waals surface area contributed by atoms with Crippen LogP contribution in [0.4, 0.5) is 8.78 Å². The number of halogens is 2. The van der Waals surface area contributed by atoms with Crippen LogP contribution < -0.4 is 0 Å². The molecule has 0 aromatic carbocycles. The summed E-state index contributed by atoms with van der Waals surface area (Å²) < 4.78 is 29.3. The average Bonchev–Trinajstić information content (AvgIpc) is 3.20. The third-order valence-electron chi connectivity index (χ3n) is 4.48. The Bertz CT molecular complexity index is 1140. The van der Waals surface area contributed by atoms with Gasteiger partial charge in [0.2, 0.25) is 0 Å². The molecule has 0 saturated carbocycles. The van der Waals surface area contributed by atoms with E-state index in [-0.39, 0.29) is 32.3 Å². The first-order chi connectivity index (χ1) is 13.5. The van der Waals surface area contributed by atoms with Gasteiger partial charge in [-0.1, -0.05) is 30.1 Å². The predicted molar refractivity (Wildman–Crippen MR) is 98.5 cm³/mol. The maximum atomic E-state index is 14.0. The molecule has 0 saturated heterocycles. The molecule has 0 unspecified atom stereocenters. The van der Waals surface area contributed by atoms with Gasteiger partial charge in [0, 0.05) is 17.6 Å². The number of nitrogens with zero attached hydrogens (tertiary/aromatic N) is 5. The molecule has 4 aromatic rings. The van der Waals surface area contributed by atoms with E-state index < -0.39 is 17.3 Å². The molecule has 0 radical (unpaired) electrons. The Morgan fingerprint density at radius 3 is 2.38 bits per heavy atom. The van der Waals surface area contributed by atoms with Gasteiger partial charge >= 0.3 is 21.1 Å². The molecular weight excluding hydrogens is 555 g/mol. The molecule has 0 aliphatic rings. The number of pyridine rings is 3. The number of hydrogen-bond donors (Lipinski definition) is 0. The van der Waals surface area contributed by atoms with E-state index >= 15 is 0 Å². The van der Waals surface area contributed by atoms with Crippen molar-refractivity contribution in [3.8, 4) is 16.9 Å². The van der Waals surface area contributed by atoms with Crippen molar-refractivity contribution in [3.05, 3.63) is 90.4 Å². The fourth-order valence-electron chi connectivity index (χ4n) is 2.86. The van der Waals surface area contributed by atoms with Crippen LogP contribution in [0.25, 0.3) is 16.9 Å². The molecule has 29 heavy (non-hydrogen) atoms. The fourth-order valence-corrected chi connectivity index (χ4v) is 2.86. The van der Waals surface area contributed by atoms with E-state index in [9.17, 15) is 8.78 Å². The minimum Gasteiger partial charge on any atom is -0.356 e. The largest absolute Gasteiger partial charge is 2.00 e. The summed E-state index contributed by atoms with van der Waals surface area (Å²) in [4.78, 5) is 11.9. The second-order valence-corrected chi connectivity index (χ2v) is 6.66. The average molecular weight is 570 g/mol. The third kappa shape index (κ3) is 4.01. The Morgan fingerprint density at radius 2 is 1.66 bits per heavy atom. The zero-order chi connectivity index (χ0) is 19.7. The van der Waals surface area contributed by atoms with Gasteiger partial charge in [-0.05, 0) is 31.7 Å². The molecule has 148 valence electrons. The molecule has 0 N–H and O–H groups in total. The maximum absolute atomic E-state index is 14.0. The van der Waals surface area contributed by atoms with Crippen LogP contribution in [-0.2, 0) is 26.5 Å². The molecule has 0 bridgehead atoms. The summed E-state index contributed by atoms with van der Waals surface area (Å²) in [5, 5.41) is 4.48. The summed E-state index contributed by atoms with van der Waals surface area (Å²) in [6.45, 7) is 3.89. The SMILES string of the molecule is CC(C)(c1cccc(-c2[c-]ccnc2F)n1)c1ccn(-c2[c-]ccnc2F)n1.[Pt+2]. The zero-order valence-electron chi connectivity index (χ0n) is 15.5. The van der Waals surface area contributed by atoms with E-state index in [2.05, 4.69) is 32.2 Å². The van der Waals surface area contributed by atoms with Crippen molar-refractivity contribution in [2.45, 2.75) is 19.3 Å². The van der Waals surface area contributed by atoms with Crippen LogP contribution in [0.15, 0.2) is 55.0 Å². The van der Waals surface area contributed by atoms with Crippen molar-refractivity contribution < 1.29 is 29.8 Å². The van der Waals surface area contributed by atoms with Gasteiger partial charge in [0.05, 0.1) is 11.1 Å². The normalized spacial score (nSPS) is 11.2. The van der Waals surface area contributed by atoms with E-state index in [4.69, 9.17) is 0 Å². The van der Waals surface area contributed by atoms with Crippen LogP contribution in [0.5, 0.6) is 0 Å². The molecule has 4 rings (SSSR count). The topological polar surface area (TPSA) is 56.5 Å². The molecule has 0 spiro atoms. The van der Waals surface area contributed by atoms with Crippen LogP contribution in [0.1, 0.15) is 25.2 Å². The molecule has 0 amide bonds. The van der Waals surface area contributed by atoms with Crippen molar-refractivity contribution in [2.24, 2.45) is 0 Å². The fraction of sp³-hybridized carbons (Fsp3) is 0.143. The van der Waals surface area contributed by atoms with Crippen molar-refractivity contribution in [1.29, 1.82) is 0 Å². The van der Waals surface area contributed by atoms with Crippen molar-refractivity contribution in [2.75, 3.05) is 0 Å². The molecule has 4 heterocycles. The Hall–Kier alpha value is -2.79. The van der Waals surface area contributed by atoms with Gasteiger partial charge in [-0.25, -0.2) is 4.39 Å². The van der Waals surface area contributed by atoms with Gasteiger partial charge in [0.15, 0.2) is 0 Å². The second-order valence-electron chi connectivity index (χ2n) is 6.66. The summed E-state index contributed by atoms with van der Waals surface area (Å²) in [6.07, 6.45) is 4.32. The minimum atomic E-state index is -0.655. The molecule has 0 aliphatic carbocycles. The molecular formula is C21H15F2N5Pt. The van der Waals surface area contributed by atoms with Gasteiger partial charge in [-0.2, -0.15) is 17.2 Å². The van der Waals surface area contributed by atoms with Gasteiger partial charge in [0.1, 0.15) is 11.9 Å². The van der Waals surface area contributed by atoms with Gasteiger partial charge < -0.3 is 15.0 Å². The second kappa shape index (κ2) is 8.29. The molecule has 8 heteroatoms. The first-order valence-electron chi connectivity index (χ1n) is 8.55. The van der Waals surface area contributed by atoms with Gasteiger partial charge in [-0.15, -0.1) is 12.1 Å². The summed E-state index contributed by atoms with van der Waals surface area (Å²) in [5.41, 5.74) is 1.52. The smallest absolute Gasteiger partial charge is 0.356 e. The predicted octanol–water partition coefficient (Wildman–Crippen LogP) is 3.93. The van der Waals surface area contributed by atoms with Crippen LogP contribution in [-0.4, -0.2) is 24.7 Å². The van der Waals surface area contributed by atoms with E-state index in [0.717, 1.165) is 0 Å². The maximum Gasteiger partial charge on any atom is 2.00 e. The Labute approximate surface area is 181 Å². The molecule has 0 atom stereocenters. The van der Waals surface area contributed by atoms with Crippen molar-refractivity contribution >= 4 is 0 Å². The van der Waals surface area contributed by atoms with Crippen molar-refractivity contribution in [3.63, 3.8) is 0 Å². The number of hydrogen-bond acceptors (Lipinski definition) is 4. The summed E-state index contributed by atoms with van der Waals surface area (Å²) in [7, 11) is 0. The third-order valence-corrected chi connectivity index (χ3v) is 4.48. The van der Waals surface area contributed by atoms with Crippen LogP contribution in [0.3, 0.4) is 0 Å². The first kappa shape index (κ1) is 20.9. The number of aromatic nitrogens is 5. The molecule has 4 aromatic heterocycles. The first-order valence-corrected chi connectivity index (χ1v) is 8.55. The van der Waals surface area contributed by atoms with Gasteiger partial charge in [-0.3, -0.25) is 9.07 Å². The van der Waals surface area contributed by atoms with Gasteiger partial charge in [0.25, 0.3) is 0 Å². The van der Waals surface area contributed by atoms with Crippen LogP contribution in [0, 0.1) is 24.0 Å². The van der Waals surface area contributed by atoms with Crippen molar-refractivity contribution in [1.82, 2.24) is 24.7 Å². The van der Waals surface area contributed by atoms with E-state index in [1.807, 2.05) is 19.9 Å². The molecule has 0 aliphatic heterocycles. The molecule has 5 nitrogen and oxygen atoms in total. The van der Waals surface area contributed by atoms with Crippen LogP contribution >= 0.6 is 0 Å². The monoisotopic (exact) mass is 570 g/mol. The Balaban J connectivity index is 0.00000240. The van der Waals surface area contributed by atoms with E-state index in [1.54, 1.807) is 30.5 Å². The van der Waals surface area contributed by atoms with E-state index in [1.165, 1.54) is 23.1 Å². The zero-order valence-corrected chi connectivity index (χ0v) is 17.8. The van der Waals surface area contributed by atoms with E-state index in [0.29, 0.717) is 17.1 Å². The van der Waals surface area contributed by atoms with Crippen LogP contribution in [0.2, 0.25) is 0 Å². The quantitative estimate of drug-likeness (QED) is 0.276. The number of rotatable bonds is 4. The standard InChI is InChI=1S/C21H15F2N5.Pt/c1-21(2,18-10-13-28(27-18)16-8-5-12-25-20(16)23)17-9-3-7-15(26-17)14-6-4-11-24-19(14)22;/h3-5,7,9-13H,1-2H3;/q-2;+2.